The van der Waals surface area contributed by atoms with Crippen molar-refractivity contribution in [1.82, 2.24) is 0 Å². The van der Waals surface area contributed by atoms with E-state index in [1.165, 1.54) is 12.1 Å². The maximum absolute atomic E-state index is 13.4. The van der Waals surface area contributed by atoms with E-state index >= 15 is 0 Å². The number of likely N-dealkylation sites (N-methyl/N-ethyl adjacent to an activating group) is 1. The van der Waals surface area contributed by atoms with Gasteiger partial charge in [0.1, 0.15) is 0 Å². The van der Waals surface area contributed by atoms with Crippen LogP contribution in [0.3, 0.4) is 0 Å². The van der Waals surface area contributed by atoms with Crippen LogP contribution in [0.2, 0.25) is 5.02 Å². The molecule has 1 fully saturated rings. The van der Waals surface area contributed by atoms with Crippen LogP contribution in [-0.2, 0) is 10.3 Å². The van der Waals surface area contributed by atoms with Crippen LogP contribution in [-0.4, -0.2) is 17.8 Å². The lowest BCUT2D eigenvalue weighted by Gasteiger charge is -2.34. The molecular weight excluding hydrogens is 352 g/mol. The Morgan fingerprint density at radius 2 is 2.00 bits per heavy atom. The zero-order chi connectivity index (χ0) is 18.7. The monoisotopic (exact) mass is 371 g/mol. The zero-order valence-corrected chi connectivity index (χ0v) is 15.2. The first-order valence-electron chi connectivity index (χ1n) is 8.53. The average Bonchev–Trinajstić information content (AvgIpc) is 2.64. The number of halogens is 1. The number of non-ortho nitro benzene ring substituents is 1. The van der Waals surface area contributed by atoms with Gasteiger partial charge in [0.15, 0.2) is 5.54 Å². The maximum Gasteiger partial charge on any atom is 0.270 e. The molecule has 0 amide bonds. The summed E-state index contributed by atoms with van der Waals surface area (Å²) in [6.45, 7) is 0. The van der Waals surface area contributed by atoms with Crippen molar-refractivity contribution in [3.63, 3.8) is 0 Å². The van der Waals surface area contributed by atoms with Gasteiger partial charge in [-0.1, -0.05) is 41.9 Å². The molecule has 2 N–H and O–H groups in total. The second kappa shape index (κ2) is 7.40. The molecule has 6 heteroatoms. The number of carbonyl (C=O) groups excluding carboxylic acids is 1. The van der Waals surface area contributed by atoms with E-state index in [1.807, 2.05) is 30.6 Å². The third-order valence-electron chi connectivity index (χ3n) is 4.98. The molecule has 0 unspecified atom stereocenters. The smallest absolute Gasteiger partial charge is 0.270 e. The highest BCUT2D eigenvalue weighted by atomic mass is 35.5. The fourth-order valence-electron chi connectivity index (χ4n) is 3.65. The highest BCUT2D eigenvalue weighted by molar-refractivity contribution is 6.32. The summed E-state index contributed by atoms with van der Waals surface area (Å²) in [5, 5.41) is 13.5. The summed E-state index contributed by atoms with van der Waals surface area (Å²) < 4.78 is 0. The Kier molecular flexibility index (Phi) is 5.20. The number of ketones is 1. The topological polar surface area (TPSA) is 76.8 Å². The molecule has 1 aliphatic rings. The standard InChI is InChI=1S/C20H19ClN2O3/c1-22-20(17-9-2-3-10-18(17)21)11-5-7-15(19(20)24)12-14-6-4-8-16(13-14)23(25)26/h2-4,6,8-10,12-13,22H,5,7,11H2,1H3/p+1/b15-12+/t20-/m1/s1. The fraction of sp³-hybridized carbons (Fsp3) is 0.250. The lowest BCUT2D eigenvalue weighted by Crippen LogP contribution is -2.94. The van der Waals surface area contributed by atoms with E-state index in [2.05, 4.69) is 0 Å². The van der Waals surface area contributed by atoms with E-state index in [0.717, 1.165) is 12.0 Å². The van der Waals surface area contributed by atoms with E-state index < -0.39 is 10.5 Å². The lowest BCUT2D eigenvalue weighted by atomic mass is 9.73. The SMILES string of the molecule is C[NH2+][C@@]1(c2ccccc2Cl)CCC/C(=C\c2cccc([N+](=O)[O-])c2)C1=O. The second-order valence-corrected chi connectivity index (χ2v) is 6.85. The summed E-state index contributed by atoms with van der Waals surface area (Å²) in [7, 11) is 1.89. The minimum absolute atomic E-state index is 0.0158. The van der Waals surface area contributed by atoms with Gasteiger partial charge in [-0.3, -0.25) is 14.9 Å². The summed E-state index contributed by atoms with van der Waals surface area (Å²) in [6, 6.07) is 13.8. The summed E-state index contributed by atoms with van der Waals surface area (Å²) in [5.74, 6) is 0.0193. The van der Waals surface area contributed by atoms with Crippen LogP contribution in [0.4, 0.5) is 5.69 Å². The lowest BCUT2D eigenvalue weighted by molar-refractivity contribution is -0.698. The van der Waals surface area contributed by atoms with Crippen molar-refractivity contribution in [3.05, 3.63) is 80.4 Å². The molecule has 0 spiro atoms. The number of nitro benzene ring substituents is 1. The third kappa shape index (κ3) is 3.28. The first kappa shape index (κ1) is 18.3. The Balaban J connectivity index is 2.03. The van der Waals surface area contributed by atoms with Crippen molar-refractivity contribution in [2.75, 3.05) is 7.05 Å². The van der Waals surface area contributed by atoms with Gasteiger partial charge in [-0.05, 0) is 30.5 Å². The highest BCUT2D eigenvalue weighted by Crippen LogP contribution is 2.37. The first-order chi connectivity index (χ1) is 12.5. The van der Waals surface area contributed by atoms with E-state index in [4.69, 9.17) is 11.6 Å². The number of benzene rings is 2. The van der Waals surface area contributed by atoms with Gasteiger partial charge in [0, 0.05) is 29.7 Å². The molecule has 1 aliphatic carbocycles. The van der Waals surface area contributed by atoms with Crippen molar-refractivity contribution < 1.29 is 15.0 Å². The zero-order valence-electron chi connectivity index (χ0n) is 14.4. The number of nitrogens with two attached hydrogens (primary N) is 1. The molecule has 2 aromatic rings. The molecule has 3 rings (SSSR count). The predicted octanol–water partition coefficient (Wildman–Crippen LogP) is 3.47. The molecule has 0 aromatic heterocycles. The number of nitro groups is 1. The van der Waals surface area contributed by atoms with Crippen molar-refractivity contribution in [2.24, 2.45) is 0 Å². The van der Waals surface area contributed by atoms with E-state index in [-0.39, 0.29) is 11.5 Å². The normalized spacial score (nSPS) is 21.8. The Labute approximate surface area is 156 Å². The predicted molar refractivity (Wildman–Crippen MR) is 101 cm³/mol. The van der Waals surface area contributed by atoms with Gasteiger partial charge in [0.25, 0.3) is 5.69 Å². The molecule has 0 radical (unpaired) electrons. The van der Waals surface area contributed by atoms with E-state index in [1.54, 1.807) is 24.3 Å². The van der Waals surface area contributed by atoms with Crippen LogP contribution in [0.25, 0.3) is 6.08 Å². The van der Waals surface area contributed by atoms with Gasteiger partial charge in [-0.25, -0.2) is 0 Å². The number of hydrogen-bond acceptors (Lipinski definition) is 3. The van der Waals surface area contributed by atoms with Gasteiger partial charge in [-0.2, -0.15) is 0 Å². The van der Waals surface area contributed by atoms with Gasteiger partial charge in [0.2, 0.25) is 5.78 Å². The molecule has 0 heterocycles. The summed E-state index contributed by atoms with van der Waals surface area (Å²) in [4.78, 5) is 23.9. The highest BCUT2D eigenvalue weighted by Gasteiger charge is 2.47. The van der Waals surface area contributed by atoms with Crippen LogP contribution in [0.5, 0.6) is 0 Å². The fourth-order valence-corrected chi connectivity index (χ4v) is 3.95. The largest absolute Gasteiger partial charge is 0.333 e. The quantitative estimate of drug-likeness (QED) is 0.508. The van der Waals surface area contributed by atoms with Crippen molar-refractivity contribution in [1.29, 1.82) is 0 Å². The summed E-state index contributed by atoms with van der Waals surface area (Å²) in [6.07, 6.45) is 3.98. The van der Waals surface area contributed by atoms with Crippen LogP contribution >= 0.6 is 11.6 Å². The number of quaternary nitrogens is 1. The summed E-state index contributed by atoms with van der Waals surface area (Å²) in [5.41, 5.74) is 1.42. The Morgan fingerprint density at radius 3 is 2.69 bits per heavy atom. The van der Waals surface area contributed by atoms with Crippen LogP contribution < -0.4 is 5.32 Å². The molecule has 1 saturated carbocycles. The van der Waals surface area contributed by atoms with Gasteiger partial charge >= 0.3 is 0 Å². The number of hydrogen-bond donors (Lipinski definition) is 1. The third-order valence-corrected chi connectivity index (χ3v) is 5.31. The average molecular weight is 372 g/mol. The molecule has 0 bridgehead atoms. The molecule has 134 valence electrons. The van der Waals surface area contributed by atoms with Gasteiger partial charge in [-0.15, -0.1) is 0 Å². The Bertz CT molecular complexity index is 894. The Morgan fingerprint density at radius 1 is 1.23 bits per heavy atom. The van der Waals surface area contributed by atoms with Crippen molar-refractivity contribution in [3.8, 4) is 0 Å². The van der Waals surface area contributed by atoms with Crippen LogP contribution in [0, 0.1) is 10.1 Å². The molecule has 0 aliphatic heterocycles. The van der Waals surface area contributed by atoms with Gasteiger partial charge in [0.05, 0.1) is 17.0 Å². The Hall–Kier alpha value is -2.50. The molecule has 0 saturated heterocycles. The van der Waals surface area contributed by atoms with E-state index in [0.29, 0.717) is 29.0 Å². The van der Waals surface area contributed by atoms with Crippen molar-refractivity contribution in [2.45, 2.75) is 24.8 Å². The number of Topliss-reactive ketones (excluding diaryl/α,β-unsaturated/α-hetero) is 1. The van der Waals surface area contributed by atoms with Gasteiger partial charge < -0.3 is 5.32 Å². The van der Waals surface area contributed by atoms with E-state index in [9.17, 15) is 14.9 Å². The maximum atomic E-state index is 13.4. The van der Waals surface area contributed by atoms with Crippen molar-refractivity contribution >= 4 is 29.1 Å². The van der Waals surface area contributed by atoms with Crippen LogP contribution in [0.1, 0.15) is 30.4 Å². The molecule has 1 atom stereocenters. The number of carbonyl (C=O) groups is 1. The number of nitrogens with zero attached hydrogens (tertiary/aromatic N) is 1. The first-order valence-corrected chi connectivity index (χ1v) is 8.91. The number of rotatable bonds is 4. The molecule has 5 nitrogen and oxygen atoms in total. The second-order valence-electron chi connectivity index (χ2n) is 6.44. The molecular formula is C20H20ClN2O3+. The molecule has 26 heavy (non-hydrogen) atoms. The molecule has 2 aromatic carbocycles. The minimum Gasteiger partial charge on any atom is -0.333 e. The summed E-state index contributed by atoms with van der Waals surface area (Å²) >= 11 is 6.39. The minimum atomic E-state index is -0.747. The van der Waals surface area contributed by atoms with Crippen LogP contribution in [0.15, 0.2) is 54.1 Å².